The first-order valence-corrected chi connectivity index (χ1v) is 8.08. The number of methoxy groups -OCH3 is 1. The molecule has 2 atom stereocenters. The van der Waals surface area contributed by atoms with Crippen molar-refractivity contribution in [2.45, 2.75) is 37.8 Å². The number of hydrogen-bond donors (Lipinski definition) is 0. The van der Waals surface area contributed by atoms with E-state index in [0.29, 0.717) is 13.0 Å². The minimum atomic E-state index is 0.168. The number of fused-ring (bicyclic) bond motifs is 5. The van der Waals surface area contributed by atoms with Crippen molar-refractivity contribution >= 4 is 16.8 Å². The van der Waals surface area contributed by atoms with Crippen LogP contribution < -0.4 is 0 Å². The molecule has 3 heterocycles. The van der Waals surface area contributed by atoms with Crippen LogP contribution in [0, 0.1) is 0 Å². The van der Waals surface area contributed by atoms with Crippen molar-refractivity contribution < 1.29 is 9.53 Å². The molecule has 1 amide bonds. The number of amides is 1. The molecule has 4 rings (SSSR count). The van der Waals surface area contributed by atoms with Gasteiger partial charge >= 0.3 is 0 Å². The minimum Gasteiger partial charge on any atom is -0.383 e. The van der Waals surface area contributed by atoms with Crippen molar-refractivity contribution in [2.75, 3.05) is 13.7 Å². The van der Waals surface area contributed by atoms with Crippen LogP contribution in [-0.4, -0.2) is 35.1 Å². The third kappa shape index (κ3) is 1.83. The maximum absolute atomic E-state index is 12.5. The molecule has 0 spiro atoms. The number of ether oxygens (including phenoxy) is 1. The summed E-state index contributed by atoms with van der Waals surface area (Å²) in [4.78, 5) is 14.6. The number of piperidine rings is 1. The molecule has 0 aliphatic carbocycles. The number of nitrogens with zero attached hydrogens (tertiary/aromatic N) is 2. The van der Waals surface area contributed by atoms with E-state index in [-0.39, 0.29) is 18.0 Å². The molecular weight excluding hydrogens is 276 g/mol. The molecular formula is C18H22N2O2. The number of hydrogen-bond acceptors (Lipinski definition) is 2. The summed E-state index contributed by atoms with van der Waals surface area (Å²) in [5.41, 5.74) is 4.02. The van der Waals surface area contributed by atoms with Crippen LogP contribution in [0.5, 0.6) is 0 Å². The Morgan fingerprint density at radius 1 is 1.32 bits per heavy atom. The van der Waals surface area contributed by atoms with E-state index in [9.17, 15) is 4.79 Å². The zero-order chi connectivity index (χ0) is 15.3. The van der Waals surface area contributed by atoms with Crippen LogP contribution in [0.1, 0.15) is 36.6 Å². The molecule has 2 aliphatic heterocycles. The fourth-order valence-corrected chi connectivity index (χ4v) is 4.41. The fourth-order valence-electron chi connectivity index (χ4n) is 4.41. The molecule has 1 aromatic carbocycles. The maximum atomic E-state index is 12.5. The SMILES string of the molecule is COC[C@@H]1Cc2c(n(C)c3ccccc23)[C@H]2CCCC(=O)N12. The van der Waals surface area contributed by atoms with E-state index < -0.39 is 0 Å². The van der Waals surface area contributed by atoms with Crippen molar-refractivity contribution in [3.8, 4) is 0 Å². The molecule has 0 saturated carbocycles. The largest absolute Gasteiger partial charge is 0.383 e. The lowest BCUT2D eigenvalue weighted by atomic mass is 9.86. The molecule has 0 N–H and O–H groups in total. The standard InChI is InChI=1S/C18H22N2O2/c1-19-15-7-4-3-6-13(15)14-10-12(11-22-2)20-16(18(14)19)8-5-9-17(20)21/h3-4,6-7,12,16H,5,8-11H2,1-2H3/t12-,16+/m0/s1. The lowest BCUT2D eigenvalue weighted by Crippen LogP contribution is -2.51. The van der Waals surface area contributed by atoms with E-state index in [1.54, 1.807) is 7.11 Å². The smallest absolute Gasteiger partial charge is 0.223 e. The molecule has 0 bridgehead atoms. The highest BCUT2D eigenvalue weighted by Gasteiger charge is 2.41. The number of rotatable bonds is 2. The second-order valence-corrected chi connectivity index (χ2v) is 6.46. The third-order valence-corrected chi connectivity index (χ3v) is 5.26. The predicted molar refractivity (Wildman–Crippen MR) is 85.7 cm³/mol. The third-order valence-electron chi connectivity index (χ3n) is 5.26. The van der Waals surface area contributed by atoms with Crippen LogP contribution in [0.25, 0.3) is 10.9 Å². The first-order chi connectivity index (χ1) is 10.7. The Balaban J connectivity index is 1.92. The predicted octanol–water partition coefficient (Wildman–Crippen LogP) is 2.80. The summed E-state index contributed by atoms with van der Waals surface area (Å²) in [7, 11) is 3.86. The zero-order valence-electron chi connectivity index (χ0n) is 13.2. The molecule has 1 aromatic heterocycles. The Bertz CT molecular complexity index is 734. The number of carbonyl (C=O) groups is 1. The Morgan fingerprint density at radius 3 is 2.95 bits per heavy atom. The molecule has 22 heavy (non-hydrogen) atoms. The molecule has 2 aliphatic rings. The van der Waals surface area contributed by atoms with Crippen LogP contribution in [0.3, 0.4) is 0 Å². The quantitative estimate of drug-likeness (QED) is 0.854. The number of aromatic nitrogens is 1. The summed E-state index contributed by atoms with van der Waals surface area (Å²) < 4.78 is 7.71. The molecule has 116 valence electrons. The van der Waals surface area contributed by atoms with Crippen LogP contribution in [-0.2, 0) is 23.0 Å². The molecule has 4 heteroatoms. The number of para-hydroxylation sites is 1. The normalized spacial score (nSPS) is 24.5. The van der Waals surface area contributed by atoms with Crippen molar-refractivity contribution in [1.82, 2.24) is 9.47 Å². The highest BCUT2D eigenvalue weighted by atomic mass is 16.5. The second kappa shape index (κ2) is 5.13. The summed E-state index contributed by atoms with van der Waals surface area (Å²) in [6.45, 7) is 0.616. The maximum Gasteiger partial charge on any atom is 0.223 e. The van der Waals surface area contributed by atoms with Gasteiger partial charge in [-0.2, -0.15) is 0 Å². The first kappa shape index (κ1) is 13.8. The Hall–Kier alpha value is -1.81. The zero-order valence-corrected chi connectivity index (χ0v) is 13.2. The summed E-state index contributed by atoms with van der Waals surface area (Å²) in [5.74, 6) is 0.286. The molecule has 0 radical (unpaired) electrons. The number of benzene rings is 1. The Morgan fingerprint density at radius 2 is 2.14 bits per heavy atom. The van der Waals surface area contributed by atoms with Gasteiger partial charge in [0.15, 0.2) is 0 Å². The van der Waals surface area contributed by atoms with E-state index in [0.717, 1.165) is 19.3 Å². The molecule has 1 saturated heterocycles. The Kier molecular flexibility index (Phi) is 3.22. The topological polar surface area (TPSA) is 34.5 Å². The summed E-state index contributed by atoms with van der Waals surface area (Å²) in [5, 5.41) is 1.33. The van der Waals surface area contributed by atoms with E-state index in [2.05, 4.69) is 40.8 Å². The van der Waals surface area contributed by atoms with Crippen molar-refractivity contribution in [3.63, 3.8) is 0 Å². The molecule has 0 unspecified atom stereocenters. The van der Waals surface area contributed by atoms with Crippen molar-refractivity contribution in [2.24, 2.45) is 7.05 Å². The van der Waals surface area contributed by atoms with Crippen LogP contribution >= 0.6 is 0 Å². The summed E-state index contributed by atoms with van der Waals surface area (Å²) in [6.07, 6.45) is 3.62. The lowest BCUT2D eigenvalue weighted by molar-refractivity contribution is -0.142. The average molecular weight is 298 g/mol. The van der Waals surface area contributed by atoms with E-state index in [1.165, 1.54) is 22.2 Å². The first-order valence-electron chi connectivity index (χ1n) is 8.08. The van der Waals surface area contributed by atoms with Crippen LogP contribution in [0.2, 0.25) is 0 Å². The molecule has 2 aromatic rings. The van der Waals surface area contributed by atoms with Gasteiger partial charge in [-0.1, -0.05) is 18.2 Å². The highest BCUT2D eigenvalue weighted by molar-refractivity contribution is 5.87. The van der Waals surface area contributed by atoms with Gasteiger partial charge in [-0.15, -0.1) is 0 Å². The fraction of sp³-hybridized carbons (Fsp3) is 0.500. The van der Waals surface area contributed by atoms with Crippen molar-refractivity contribution in [1.29, 1.82) is 0 Å². The van der Waals surface area contributed by atoms with Crippen LogP contribution in [0.15, 0.2) is 24.3 Å². The van der Waals surface area contributed by atoms with Gasteiger partial charge in [-0.25, -0.2) is 0 Å². The average Bonchev–Trinajstić information content (AvgIpc) is 2.81. The van der Waals surface area contributed by atoms with E-state index in [4.69, 9.17) is 4.74 Å². The lowest BCUT2D eigenvalue weighted by Gasteiger charge is -2.45. The van der Waals surface area contributed by atoms with Gasteiger partial charge in [-0.3, -0.25) is 4.79 Å². The Labute approximate surface area is 130 Å². The van der Waals surface area contributed by atoms with Crippen LogP contribution in [0.4, 0.5) is 0 Å². The number of aryl methyl sites for hydroxylation is 1. The van der Waals surface area contributed by atoms with Gasteiger partial charge in [0.25, 0.3) is 0 Å². The summed E-state index contributed by atoms with van der Waals surface area (Å²) in [6, 6.07) is 8.95. The van der Waals surface area contributed by atoms with E-state index >= 15 is 0 Å². The summed E-state index contributed by atoms with van der Waals surface area (Å²) >= 11 is 0. The number of carbonyl (C=O) groups excluding carboxylic acids is 1. The van der Waals surface area contributed by atoms with Gasteiger partial charge in [0.1, 0.15) is 0 Å². The van der Waals surface area contributed by atoms with Gasteiger partial charge in [0.05, 0.1) is 18.7 Å². The van der Waals surface area contributed by atoms with Gasteiger partial charge in [-0.05, 0) is 30.9 Å². The highest BCUT2D eigenvalue weighted by Crippen LogP contribution is 2.43. The van der Waals surface area contributed by atoms with Gasteiger partial charge in [0, 0.05) is 37.2 Å². The monoisotopic (exact) mass is 298 g/mol. The minimum absolute atomic E-state index is 0.168. The molecule has 4 nitrogen and oxygen atoms in total. The van der Waals surface area contributed by atoms with Crippen molar-refractivity contribution in [3.05, 3.63) is 35.5 Å². The van der Waals surface area contributed by atoms with Gasteiger partial charge < -0.3 is 14.2 Å². The second-order valence-electron chi connectivity index (χ2n) is 6.46. The van der Waals surface area contributed by atoms with Gasteiger partial charge in [0.2, 0.25) is 5.91 Å². The molecule has 1 fully saturated rings. The van der Waals surface area contributed by atoms with E-state index in [1.807, 2.05) is 0 Å².